The Bertz CT molecular complexity index is 1320. The van der Waals surface area contributed by atoms with Crippen LogP contribution in [0.15, 0.2) is 66.7 Å². The number of methoxy groups -OCH3 is 4. The number of hydrogen-bond donors (Lipinski definition) is 1. The lowest BCUT2D eigenvalue weighted by Crippen LogP contribution is -2.50. The van der Waals surface area contributed by atoms with Gasteiger partial charge in [0.25, 0.3) is 0 Å². The predicted octanol–water partition coefficient (Wildman–Crippen LogP) is 3.34. The molecule has 0 spiro atoms. The number of rotatable bonds is 6. The smallest absolute Gasteiger partial charge is 0.317 e. The number of ketones is 1. The highest BCUT2D eigenvalue weighted by Crippen LogP contribution is 2.68. The van der Waals surface area contributed by atoms with Crippen LogP contribution in [0.1, 0.15) is 22.6 Å². The first kappa shape index (κ1) is 23.7. The van der Waals surface area contributed by atoms with E-state index in [1.54, 1.807) is 67.8 Å². The molecule has 3 aromatic carbocycles. The van der Waals surface area contributed by atoms with Crippen molar-refractivity contribution in [3.05, 3.63) is 83.4 Å². The summed E-state index contributed by atoms with van der Waals surface area (Å²) in [5.41, 5.74) is -2.76. The first-order chi connectivity index (χ1) is 17.4. The lowest BCUT2D eigenvalue weighted by atomic mass is 9.70. The fourth-order valence-corrected chi connectivity index (χ4v) is 5.66. The molecule has 36 heavy (non-hydrogen) atoms. The molecule has 8 heteroatoms. The maximum Gasteiger partial charge on any atom is 0.317 e. The fourth-order valence-electron chi connectivity index (χ4n) is 5.66. The maximum absolute atomic E-state index is 14.2. The molecule has 3 aromatic rings. The van der Waals surface area contributed by atoms with Gasteiger partial charge in [-0.15, -0.1) is 0 Å². The molecule has 2 aliphatic rings. The molecule has 1 fully saturated rings. The van der Waals surface area contributed by atoms with Gasteiger partial charge < -0.3 is 28.8 Å². The van der Waals surface area contributed by atoms with Crippen LogP contribution in [-0.4, -0.2) is 45.3 Å². The van der Waals surface area contributed by atoms with E-state index in [1.807, 2.05) is 6.07 Å². The van der Waals surface area contributed by atoms with Crippen LogP contribution < -0.4 is 18.9 Å². The second-order valence-corrected chi connectivity index (χ2v) is 8.73. The Morgan fingerprint density at radius 3 is 2.14 bits per heavy atom. The van der Waals surface area contributed by atoms with E-state index in [1.165, 1.54) is 21.3 Å². The van der Waals surface area contributed by atoms with Gasteiger partial charge >= 0.3 is 5.97 Å². The largest absolute Gasteiger partial charge is 0.497 e. The minimum atomic E-state index is -2.28. The average molecular weight is 491 g/mol. The number of aliphatic hydroxyl groups is 1. The summed E-state index contributed by atoms with van der Waals surface area (Å²) < 4.78 is 28.0. The zero-order valence-electron chi connectivity index (χ0n) is 20.3. The van der Waals surface area contributed by atoms with Gasteiger partial charge in [0.1, 0.15) is 28.9 Å². The summed E-state index contributed by atoms with van der Waals surface area (Å²) in [6.45, 7) is 0. The summed E-state index contributed by atoms with van der Waals surface area (Å²) in [4.78, 5) is 27.4. The van der Waals surface area contributed by atoms with E-state index >= 15 is 0 Å². The molecule has 1 N–H and O–H groups in total. The zero-order valence-corrected chi connectivity index (χ0v) is 20.3. The van der Waals surface area contributed by atoms with E-state index in [9.17, 15) is 14.7 Å². The normalized spacial score (nSPS) is 26.0. The van der Waals surface area contributed by atoms with Crippen molar-refractivity contribution in [2.75, 3.05) is 28.4 Å². The number of benzene rings is 3. The first-order valence-corrected chi connectivity index (χ1v) is 11.4. The summed E-state index contributed by atoms with van der Waals surface area (Å²) in [5.74, 6) is -2.34. The third kappa shape index (κ3) is 2.97. The molecular weight excluding hydrogens is 464 g/mol. The third-order valence-corrected chi connectivity index (χ3v) is 7.21. The topological polar surface area (TPSA) is 101 Å². The maximum atomic E-state index is 14.2. The third-order valence-electron chi connectivity index (χ3n) is 7.21. The Hall–Kier alpha value is -4.04. The van der Waals surface area contributed by atoms with Crippen molar-refractivity contribution in [3.63, 3.8) is 0 Å². The van der Waals surface area contributed by atoms with Crippen LogP contribution in [0, 0.1) is 5.92 Å². The van der Waals surface area contributed by atoms with E-state index in [-0.39, 0.29) is 17.1 Å². The Labute approximate surface area is 208 Å². The van der Waals surface area contributed by atoms with Crippen molar-refractivity contribution in [1.29, 1.82) is 0 Å². The SMILES string of the molecule is COC(=O)[C@@H]1C(=O)[C@]2(O)c3c(OC)cc(OC)cc3O[C@]2(c2ccc(OC)cc2)[C@H]1c1ccccc1. The number of hydrogen-bond acceptors (Lipinski definition) is 8. The molecule has 1 aliphatic heterocycles. The van der Waals surface area contributed by atoms with Crippen molar-refractivity contribution < 1.29 is 38.4 Å². The number of esters is 1. The van der Waals surface area contributed by atoms with E-state index in [0.717, 1.165) is 0 Å². The number of Topliss-reactive ketones (excluding diaryl/α,β-unsaturated/α-hetero) is 1. The molecule has 0 aromatic heterocycles. The van der Waals surface area contributed by atoms with E-state index in [4.69, 9.17) is 23.7 Å². The second kappa shape index (κ2) is 8.57. The van der Waals surface area contributed by atoms with Crippen LogP contribution in [0.3, 0.4) is 0 Å². The summed E-state index contributed by atoms with van der Waals surface area (Å²) in [5, 5.41) is 12.6. The average Bonchev–Trinajstić information content (AvgIpc) is 3.30. The highest BCUT2D eigenvalue weighted by molar-refractivity contribution is 6.10. The lowest BCUT2D eigenvalue weighted by molar-refractivity contribution is -0.155. The number of carbonyl (C=O) groups is 2. The standard InChI is InChI=1S/C28H26O8/c1-32-18-12-10-17(11-13-18)28-23(16-8-6-5-7-9-16)22(26(30)35-4)25(29)27(28,31)24-20(34-3)14-19(33-2)15-21(24)36-28/h5-15,22-23,31H,1-4H3/t22-,23-,27+,28+/m0/s1. The van der Waals surface area contributed by atoms with Gasteiger partial charge in [0, 0.05) is 17.7 Å². The number of carbonyl (C=O) groups excluding carboxylic acids is 2. The van der Waals surface area contributed by atoms with E-state index in [2.05, 4.69) is 0 Å². The minimum Gasteiger partial charge on any atom is -0.497 e. The lowest BCUT2D eigenvalue weighted by Gasteiger charge is -2.39. The van der Waals surface area contributed by atoms with Crippen LogP contribution in [0.5, 0.6) is 23.0 Å². The van der Waals surface area contributed by atoms with Crippen molar-refractivity contribution in [1.82, 2.24) is 0 Å². The monoisotopic (exact) mass is 490 g/mol. The summed E-state index contributed by atoms with van der Waals surface area (Å²) in [7, 11) is 5.69. The first-order valence-electron chi connectivity index (χ1n) is 11.4. The van der Waals surface area contributed by atoms with Crippen molar-refractivity contribution in [2.45, 2.75) is 17.1 Å². The van der Waals surface area contributed by atoms with Gasteiger partial charge in [-0.3, -0.25) is 9.59 Å². The van der Waals surface area contributed by atoms with Gasteiger partial charge in [-0.2, -0.15) is 0 Å². The molecule has 0 bridgehead atoms. The summed E-state index contributed by atoms with van der Waals surface area (Å²) in [6.07, 6.45) is 0. The molecule has 5 rings (SSSR count). The Kier molecular flexibility index (Phi) is 5.64. The van der Waals surface area contributed by atoms with Gasteiger partial charge in [0.15, 0.2) is 11.4 Å². The quantitative estimate of drug-likeness (QED) is 0.415. The number of fused-ring (bicyclic) bond motifs is 3. The molecule has 4 atom stereocenters. The van der Waals surface area contributed by atoms with Crippen molar-refractivity contribution >= 4 is 11.8 Å². The molecule has 0 unspecified atom stereocenters. The van der Waals surface area contributed by atoms with Crippen LogP contribution in [0.2, 0.25) is 0 Å². The summed E-state index contributed by atoms with van der Waals surface area (Å²) >= 11 is 0. The van der Waals surface area contributed by atoms with E-state index in [0.29, 0.717) is 22.6 Å². The Morgan fingerprint density at radius 2 is 1.56 bits per heavy atom. The molecule has 0 radical (unpaired) electrons. The van der Waals surface area contributed by atoms with Crippen LogP contribution in [0.25, 0.3) is 0 Å². The van der Waals surface area contributed by atoms with Gasteiger partial charge in [-0.05, 0) is 17.7 Å². The van der Waals surface area contributed by atoms with Gasteiger partial charge in [0.05, 0.1) is 39.9 Å². The van der Waals surface area contributed by atoms with Crippen LogP contribution in [0.4, 0.5) is 0 Å². The molecule has 0 saturated heterocycles. The fraction of sp³-hybridized carbons (Fsp3) is 0.286. The second-order valence-electron chi connectivity index (χ2n) is 8.73. The molecule has 1 heterocycles. The molecular formula is C28H26O8. The Morgan fingerprint density at radius 1 is 0.889 bits per heavy atom. The van der Waals surface area contributed by atoms with Gasteiger partial charge in [-0.25, -0.2) is 0 Å². The van der Waals surface area contributed by atoms with E-state index < -0.39 is 34.8 Å². The molecule has 1 saturated carbocycles. The van der Waals surface area contributed by atoms with Crippen molar-refractivity contribution in [3.8, 4) is 23.0 Å². The highest BCUT2D eigenvalue weighted by atomic mass is 16.5. The van der Waals surface area contributed by atoms with Gasteiger partial charge in [0.2, 0.25) is 5.60 Å². The predicted molar refractivity (Wildman–Crippen MR) is 128 cm³/mol. The molecule has 8 nitrogen and oxygen atoms in total. The minimum absolute atomic E-state index is 0.138. The molecule has 0 amide bonds. The zero-order chi connectivity index (χ0) is 25.7. The molecule has 186 valence electrons. The highest BCUT2D eigenvalue weighted by Gasteiger charge is 2.78. The number of ether oxygens (including phenoxy) is 5. The van der Waals surface area contributed by atoms with Crippen molar-refractivity contribution in [2.24, 2.45) is 5.92 Å². The Balaban J connectivity index is 1.89. The summed E-state index contributed by atoms with van der Waals surface area (Å²) in [6, 6.07) is 19.1. The molecule has 1 aliphatic carbocycles. The van der Waals surface area contributed by atoms with Gasteiger partial charge in [-0.1, -0.05) is 42.5 Å². The van der Waals surface area contributed by atoms with Crippen LogP contribution in [-0.2, 0) is 25.5 Å². The van der Waals surface area contributed by atoms with Crippen LogP contribution >= 0.6 is 0 Å².